The normalized spacial score (nSPS) is 15.7. The van der Waals surface area contributed by atoms with E-state index in [-0.39, 0.29) is 0 Å². The summed E-state index contributed by atoms with van der Waals surface area (Å²) >= 11 is 3.31. The average molecular weight is 231 g/mol. The second kappa shape index (κ2) is 3.98. The zero-order valence-electron chi connectivity index (χ0n) is 6.74. The van der Waals surface area contributed by atoms with Crippen LogP contribution in [0.1, 0.15) is 18.7 Å². The fraction of sp³-hybridized carbons (Fsp3) is 0.375. The van der Waals surface area contributed by atoms with Crippen molar-refractivity contribution in [2.24, 2.45) is 5.73 Å². The highest BCUT2D eigenvalue weighted by atomic mass is 79.9. The number of nitrogens with zero attached hydrogens (tertiary/aromatic N) is 1. The second-order valence-corrected chi connectivity index (χ2v) is 3.49. The van der Waals surface area contributed by atoms with Gasteiger partial charge in [-0.15, -0.1) is 0 Å². The van der Waals surface area contributed by atoms with E-state index in [1.807, 2.05) is 12.1 Å². The summed E-state index contributed by atoms with van der Waals surface area (Å²) in [5.41, 5.74) is 6.38. The Labute approximate surface area is 79.7 Å². The second-order valence-electron chi connectivity index (χ2n) is 2.64. The largest absolute Gasteiger partial charge is 0.391 e. The van der Waals surface area contributed by atoms with Crippen LogP contribution in [0.5, 0.6) is 0 Å². The van der Waals surface area contributed by atoms with Crippen molar-refractivity contribution in [3.05, 3.63) is 28.5 Å². The molecule has 66 valence electrons. The molecule has 0 saturated carbocycles. The van der Waals surface area contributed by atoms with Gasteiger partial charge in [0.15, 0.2) is 0 Å². The monoisotopic (exact) mass is 230 g/mol. The topological polar surface area (TPSA) is 59.1 Å². The van der Waals surface area contributed by atoms with E-state index in [1.165, 1.54) is 0 Å². The third kappa shape index (κ3) is 2.03. The first-order valence-electron chi connectivity index (χ1n) is 3.67. The Hall–Kier alpha value is -0.450. The van der Waals surface area contributed by atoms with E-state index >= 15 is 0 Å². The Balaban J connectivity index is 2.94. The fourth-order valence-corrected chi connectivity index (χ4v) is 1.39. The predicted octanol–water partition coefficient (Wildman–Crippen LogP) is 1.22. The number of aliphatic hydroxyl groups excluding tert-OH is 1. The first kappa shape index (κ1) is 9.64. The molecule has 3 nitrogen and oxygen atoms in total. The van der Waals surface area contributed by atoms with Gasteiger partial charge in [-0.2, -0.15) is 0 Å². The number of hydrogen-bond acceptors (Lipinski definition) is 3. The van der Waals surface area contributed by atoms with Crippen molar-refractivity contribution in [3.8, 4) is 0 Å². The Bertz CT molecular complexity index is 265. The van der Waals surface area contributed by atoms with Crippen LogP contribution in [-0.2, 0) is 0 Å². The van der Waals surface area contributed by atoms with Crippen molar-refractivity contribution in [1.29, 1.82) is 0 Å². The first-order valence-corrected chi connectivity index (χ1v) is 4.46. The van der Waals surface area contributed by atoms with E-state index in [0.29, 0.717) is 5.69 Å². The molecular formula is C8H11BrN2O. The molecule has 0 radical (unpaired) electrons. The number of nitrogens with two attached hydrogens (primary N) is 1. The molecule has 1 rings (SSSR count). The number of aliphatic hydroxyl groups is 1. The highest BCUT2D eigenvalue weighted by Crippen LogP contribution is 2.20. The highest BCUT2D eigenvalue weighted by Gasteiger charge is 2.15. The number of aromatic nitrogens is 1. The molecule has 0 spiro atoms. The molecule has 1 aromatic heterocycles. The molecule has 1 heterocycles. The van der Waals surface area contributed by atoms with Crippen molar-refractivity contribution in [2.75, 3.05) is 0 Å². The summed E-state index contributed by atoms with van der Waals surface area (Å²) < 4.78 is 0.832. The van der Waals surface area contributed by atoms with Crippen molar-refractivity contribution >= 4 is 15.9 Å². The Morgan fingerprint density at radius 1 is 1.67 bits per heavy atom. The molecule has 0 unspecified atom stereocenters. The van der Waals surface area contributed by atoms with Crippen LogP contribution in [0.25, 0.3) is 0 Å². The van der Waals surface area contributed by atoms with Gasteiger partial charge >= 0.3 is 0 Å². The number of halogens is 1. The Morgan fingerprint density at radius 3 is 2.83 bits per heavy atom. The van der Waals surface area contributed by atoms with Crippen LogP contribution in [0, 0.1) is 0 Å². The minimum absolute atomic E-state index is 0.430. The minimum atomic E-state index is -0.587. The molecule has 2 atom stereocenters. The van der Waals surface area contributed by atoms with Gasteiger partial charge < -0.3 is 10.8 Å². The van der Waals surface area contributed by atoms with Gasteiger partial charge in [-0.1, -0.05) is 0 Å². The van der Waals surface area contributed by atoms with Crippen LogP contribution >= 0.6 is 15.9 Å². The van der Waals surface area contributed by atoms with Crippen molar-refractivity contribution in [3.63, 3.8) is 0 Å². The molecule has 0 aliphatic rings. The van der Waals surface area contributed by atoms with Gasteiger partial charge in [-0.25, -0.2) is 0 Å². The first-order chi connectivity index (χ1) is 5.63. The molecule has 0 bridgehead atoms. The van der Waals surface area contributed by atoms with E-state index in [9.17, 15) is 5.11 Å². The summed E-state index contributed by atoms with van der Waals surface area (Å²) in [5, 5.41) is 9.21. The maximum absolute atomic E-state index is 9.21. The maximum atomic E-state index is 9.21. The summed E-state index contributed by atoms with van der Waals surface area (Å²) in [4.78, 5) is 4.07. The summed E-state index contributed by atoms with van der Waals surface area (Å²) in [6.45, 7) is 1.64. The molecule has 0 amide bonds. The van der Waals surface area contributed by atoms with Gasteiger partial charge in [-0.3, -0.25) is 4.98 Å². The molecule has 3 N–H and O–H groups in total. The van der Waals surface area contributed by atoms with E-state index in [0.717, 1.165) is 4.47 Å². The molecule has 0 aromatic carbocycles. The lowest BCUT2D eigenvalue weighted by Crippen LogP contribution is -2.24. The van der Waals surface area contributed by atoms with Crippen LogP contribution < -0.4 is 5.73 Å². The summed E-state index contributed by atoms with van der Waals surface area (Å²) in [6, 6.07) is 3.23. The molecule has 0 aliphatic heterocycles. The van der Waals surface area contributed by atoms with E-state index < -0.39 is 12.1 Å². The van der Waals surface area contributed by atoms with Crippen LogP contribution in [0.15, 0.2) is 22.8 Å². The van der Waals surface area contributed by atoms with E-state index in [4.69, 9.17) is 5.73 Å². The van der Waals surface area contributed by atoms with Crippen molar-refractivity contribution in [2.45, 2.75) is 19.1 Å². The van der Waals surface area contributed by atoms with Crippen LogP contribution in [0.2, 0.25) is 0 Å². The Morgan fingerprint density at radius 2 is 2.33 bits per heavy atom. The molecule has 12 heavy (non-hydrogen) atoms. The van der Waals surface area contributed by atoms with Gasteiger partial charge in [0.2, 0.25) is 0 Å². The maximum Gasteiger partial charge on any atom is 0.0742 e. The lowest BCUT2D eigenvalue weighted by molar-refractivity contribution is 0.162. The standard InChI is InChI=1S/C8H11BrN2O/c1-5(12)7(10)8-6(9)3-2-4-11-8/h2-5,7,12H,10H2,1H3/t5-,7+/m0/s1. The van der Waals surface area contributed by atoms with Crippen LogP contribution in [0.4, 0.5) is 0 Å². The van der Waals surface area contributed by atoms with Crippen LogP contribution in [0.3, 0.4) is 0 Å². The quantitative estimate of drug-likeness (QED) is 0.804. The molecule has 0 saturated heterocycles. The van der Waals surface area contributed by atoms with E-state index in [2.05, 4.69) is 20.9 Å². The third-order valence-electron chi connectivity index (χ3n) is 1.62. The van der Waals surface area contributed by atoms with Crippen LogP contribution in [-0.4, -0.2) is 16.2 Å². The van der Waals surface area contributed by atoms with Gasteiger partial charge in [0, 0.05) is 10.7 Å². The molecule has 0 fully saturated rings. The fourth-order valence-electron chi connectivity index (χ4n) is 0.872. The van der Waals surface area contributed by atoms with Crippen molar-refractivity contribution < 1.29 is 5.11 Å². The molecular weight excluding hydrogens is 220 g/mol. The van der Waals surface area contributed by atoms with Gasteiger partial charge in [0.1, 0.15) is 0 Å². The summed E-state index contributed by atoms with van der Waals surface area (Å²) in [6.07, 6.45) is 1.07. The van der Waals surface area contributed by atoms with Gasteiger partial charge in [0.05, 0.1) is 17.8 Å². The molecule has 1 aromatic rings. The third-order valence-corrected chi connectivity index (χ3v) is 2.29. The van der Waals surface area contributed by atoms with Gasteiger partial charge in [-0.05, 0) is 35.0 Å². The SMILES string of the molecule is C[C@H](O)[C@@H](N)c1ncccc1Br. The zero-order valence-corrected chi connectivity index (χ0v) is 8.32. The lowest BCUT2D eigenvalue weighted by Gasteiger charge is -2.14. The Kier molecular flexibility index (Phi) is 3.20. The smallest absolute Gasteiger partial charge is 0.0742 e. The van der Waals surface area contributed by atoms with Crippen molar-refractivity contribution in [1.82, 2.24) is 4.98 Å². The number of rotatable bonds is 2. The lowest BCUT2D eigenvalue weighted by atomic mass is 10.1. The summed E-state index contributed by atoms with van der Waals surface area (Å²) in [7, 11) is 0. The number of pyridine rings is 1. The van der Waals surface area contributed by atoms with E-state index in [1.54, 1.807) is 13.1 Å². The predicted molar refractivity (Wildman–Crippen MR) is 50.5 cm³/mol. The highest BCUT2D eigenvalue weighted by molar-refractivity contribution is 9.10. The molecule has 0 aliphatic carbocycles. The minimum Gasteiger partial charge on any atom is -0.391 e. The number of hydrogen-bond donors (Lipinski definition) is 2. The van der Waals surface area contributed by atoms with Gasteiger partial charge in [0.25, 0.3) is 0 Å². The zero-order chi connectivity index (χ0) is 9.14. The average Bonchev–Trinajstić information content (AvgIpc) is 2.04. The summed E-state index contributed by atoms with van der Waals surface area (Å²) in [5.74, 6) is 0. The molecule has 4 heteroatoms.